The van der Waals surface area contributed by atoms with E-state index in [0.29, 0.717) is 28.2 Å². The number of nitrogens with one attached hydrogen (secondary N) is 1. The van der Waals surface area contributed by atoms with Gasteiger partial charge in [0.2, 0.25) is 0 Å². The van der Waals surface area contributed by atoms with Gasteiger partial charge in [-0.3, -0.25) is 4.79 Å². The molecule has 1 aliphatic rings. The molecule has 0 bridgehead atoms. The van der Waals surface area contributed by atoms with Crippen LogP contribution in [0.2, 0.25) is 0 Å². The Hall–Kier alpha value is -3.06. The van der Waals surface area contributed by atoms with Gasteiger partial charge in [0, 0.05) is 43.5 Å². The van der Waals surface area contributed by atoms with Crippen molar-refractivity contribution in [3.8, 4) is 22.9 Å². The minimum atomic E-state index is -0.205. The number of methoxy groups -OCH3 is 2. The minimum absolute atomic E-state index is 0.205. The number of likely N-dealkylation sites (N-methyl/N-ethyl adjacent to an activating group) is 1. The Morgan fingerprint density at radius 2 is 1.53 bits per heavy atom. The Morgan fingerprint density at radius 3 is 2.13 bits per heavy atom. The molecule has 3 aromatic rings. The quantitative estimate of drug-likeness (QED) is 0.711. The Bertz CT molecular complexity index is 1040. The number of hydrogen-bond donors (Lipinski definition) is 1. The number of rotatable bonds is 4. The number of H-pyrrole nitrogens is 1. The van der Waals surface area contributed by atoms with Crippen LogP contribution in [0, 0.1) is 0 Å². The third kappa shape index (κ3) is 4.41. The lowest BCUT2D eigenvalue weighted by atomic mass is 10.1. The van der Waals surface area contributed by atoms with E-state index in [4.69, 9.17) is 9.47 Å². The van der Waals surface area contributed by atoms with Crippen LogP contribution in [0.5, 0.6) is 11.5 Å². The second-order valence-electron chi connectivity index (χ2n) is 6.98. The van der Waals surface area contributed by atoms with Crippen LogP contribution in [0.15, 0.2) is 41.2 Å². The third-order valence-corrected chi connectivity index (χ3v) is 5.22. The van der Waals surface area contributed by atoms with Gasteiger partial charge in [0.15, 0.2) is 11.5 Å². The topological polar surface area (TPSA) is 70.7 Å². The molecule has 0 radical (unpaired) electrons. The van der Waals surface area contributed by atoms with Crippen molar-refractivity contribution in [2.45, 2.75) is 13.8 Å². The summed E-state index contributed by atoms with van der Waals surface area (Å²) in [5.41, 5.74) is 2.42. The molecule has 7 heteroatoms. The first-order chi connectivity index (χ1) is 14.6. The van der Waals surface area contributed by atoms with Crippen LogP contribution in [0.3, 0.4) is 0 Å². The highest BCUT2D eigenvalue weighted by atomic mass is 16.5. The molecule has 1 saturated heterocycles. The van der Waals surface area contributed by atoms with E-state index in [9.17, 15) is 4.79 Å². The van der Waals surface area contributed by atoms with E-state index in [2.05, 4.69) is 38.9 Å². The zero-order valence-corrected chi connectivity index (χ0v) is 18.4. The minimum Gasteiger partial charge on any atom is -0.493 e. The predicted molar refractivity (Wildman–Crippen MR) is 122 cm³/mol. The van der Waals surface area contributed by atoms with Crippen LogP contribution < -0.4 is 19.9 Å². The summed E-state index contributed by atoms with van der Waals surface area (Å²) in [6, 6.07) is 11.5. The summed E-state index contributed by atoms with van der Waals surface area (Å²) in [5.74, 6) is 1.59. The molecule has 30 heavy (non-hydrogen) atoms. The van der Waals surface area contributed by atoms with Gasteiger partial charge in [0.05, 0.1) is 25.1 Å². The fourth-order valence-corrected chi connectivity index (χ4v) is 3.50. The van der Waals surface area contributed by atoms with Gasteiger partial charge in [-0.2, -0.15) is 0 Å². The van der Waals surface area contributed by atoms with Crippen LogP contribution in [-0.2, 0) is 0 Å². The number of nitrogens with zero attached hydrogens (tertiary/aromatic N) is 3. The molecule has 2 aromatic carbocycles. The Morgan fingerprint density at radius 1 is 0.933 bits per heavy atom. The maximum absolute atomic E-state index is 12.6. The van der Waals surface area contributed by atoms with Gasteiger partial charge in [-0.15, -0.1) is 0 Å². The van der Waals surface area contributed by atoms with E-state index in [1.165, 1.54) is 5.69 Å². The molecule has 0 unspecified atom stereocenters. The number of aromatic nitrogens is 2. The molecule has 0 aliphatic carbocycles. The molecule has 1 fully saturated rings. The molecule has 0 amide bonds. The summed E-state index contributed by atoms with van der Waals surface area (Å²) in [4.78, 5) is 24.8. The van der Waals surface area contributed by atoms with Crippen molar-refractivity contribution in [3.63, 3.8) is 0 Å². The van der Waals surface area contributed by atoms with Crippen LogP contribution in [0.25, 0.3) is 22.3 Å². The zero-order valence-electron chi connectivity index (χ0n) is 18.4. The number of aromatic amines is 1. The first-order valence-electron chi connectivity index (χ1n) is 10.3. The Labute approximate surface area is 177 Å². The van der Waals surface area contributed by atoms with E-state index in [-0.39, 0.29) is 5.56 Å². The van der Waals surface area contributed by atoms with Gasteiger partial charge in [0.1, 0.15) is 5.82 Å². The van der Waals surface area contributed by atoms with Gasteiger partial charge in [0.25, 0.3) is 5.56 Å². The molecule has 4 rings (SSSR count). The van der Waals surface area contributed by atoms with Crippen molar-refractivity contribution in [2.75, 3.05) is 52.3 Å². The second-order valence-corrected chi connectivity index (χ2v) is 6.98. The van der Waals surface area contributed by atoms with Gasteiger partial charge in [-0.1, -0.05) is 13.8 Å². The number of fused-ring (bicyclic) bond motifs is 1. The van der Waals surface area contributed by atoms with Gasteiger partial charge < -0.3 is 24.3 Å². The third-order valence-electron chi connectivity index (χ3n) is 5.22. The Kier molecular flexibility index (Phi) is 6.95. The lowest BCUT2D eigenvalue weighted by molar-refractivity contribution is 0.313. The van der Waals surface area contributed by atoms with Crippen LogP contribution in [0.1, 0.15) is 13.8 Å². The smallest absolute Gasteiger partial charge is 0.259 e. The molecule has 0 saturated carbocycles. The maximum atomic E-state index is 12.6. The average Bonchev–Trinajstić information content (AvgIpc) is 2.80. The van der Waals surface area contributed by atoms with Crippen molar-refractivity contribution >= 4 is 16.6 Å². The number of anilines is 1. The molecule has 1 aromatic heterocycles. The summed E-state index contributed by atoms with van der Waals surface area (Å²) in [6.07, 6.45) is 0. The molecule has 0 spiro atoms. The van der Waals surface area contributed by atoms with Crippen molar-refractivity contribution in [1.82, 2.24) is 14.9 Å². The van der Waals surface area contributed by atoms with Crippen molar-refractivity contribution in [1.29, 1.82) is 0 Å². The lowest BCUT2D eigenvalue weighted by Gasteiger charge is -2.34. The van der Waals surface area contributed by atoms with E-state index >= 15 is 0 Å². The normalized spacial score (nSPS) is 14.2. The van der Waals surface area contributed by atoms with Crippen LogP contribution >= 0.6 is 0 Å². The largest absolute Gasteiger partial charge is 0.493 e. The van der Waals surface area contributed by atoms with Crippen LogP contribution in [0.4, 0.5) is 5.69 Å². The molecule has 7 nitrogen and oxygen atoms in total. The fourth-order valence-electron chi connectivity index (χ4n) is 3.50. The number of hydrogen-bond acceptors (Lipinski definition) is 6. The predicted octanol–water partition coefficient (Wildman–Crippen LogP) is 3.39. The lowest BCUT2D eigenvalue weighted by Crippen LogP contribution is -2.44. The SMILES string of the molecule is CC.COc1cc2nc(-c3ccc(N4CCN(C)CC4)cc3)[nH]c(=O)c2cc1OC. The first kappa shape index (κ1) is 21.6. The maximum Gasteiger partial charge on any atom is 0.259 e. The van der Waals surface area contributed by atoms with Crippen molar-refractivity contribution in [2.24, 2.45) is 0 Å². The Balaban J connectivity index is 0.00000124. The monoisotopic (exact) mass is 410 g/mol. The number of piperazine rings is 1. The van der Waals surface area contributed by atoms with Crippen molar-refractivity contribution < 1.29 is 9.47 Å². The molecular weight excluding hydrogens is 380 g/mol. The van der Waals surface area contributed by atoms with Crippen LogP contribution in [-0.4, -0.2) is 62.3 Å². The molecule has 160 valence electrons. The molecule has 0 atom stereocenters. The van der Waals surface area contributed by atoms with E-state index < -0.39 is 0 Å². The van der Waals surface area contributed by atoms with Gasteiger partial charge >= 0.3 is 0 Å². The van der Waals surface area contributed by atoms with E-state index in [0.717, 1.165) is 31.7 Å². The first-order valence-corrected chi connectivity index (χ1v) is 10.3. The summed E-state index contributed by atoms with van der Waals surface area (Å²) < 4.78 is 10.6. The fraction of sp³-hybridized carbons (Fsp3) is 0.391. The van der Waals surface area contributed by atoms with E-state index in [1.807, 2.05) is 26.0 Å². The molecular formula is C23H30N4O3. The summed E-state index contributed by atoms with van der Waals surface area (Å²) >= 11 is 0. The highest BCUT2D eigenvalue weighted by molar-refractivity contribution is 5.83. The average molecular weight is 411 g/mol. The van der Waals surface area contributed by atoms with E-state index in [1.54, 1.807) is 26.4 Å². The summed E-state index contributed by atoms with van der Waals surface area (Å²) in [7, 11) is 5.25. The van der Waals surface area contributed by atoms with Gasteiger partial charge in [-0.25, -0.2) is 4.98 Å². The number of ether oxygens (including phenoxy) is 2. The molecule has 2 heterocycles. The molecule has 1 aliphatic heterocycles. The van der Waals surface area contributed by atoms with Crippen molar-refractivity contribution in [3.05, 3.63) is 46.8 Å². The molecule has 1 N–H and O–H groups in total. The summed E-state index contributed by atoms with van der Waals surface area (Å²) in [6.45, 7) is 8.16. The highest BCUT2D eigenvalue weighted by Crippen LogP contribution is 2.31. The zero-order chi connectivity index (χ0) is 21.7. The van der Waals surface area contributed by atoms with Gasteiger partial charge in [-0.05, 0) is 37.4 Å². The second kappa shape index (κ2) is 9.63. The summed E-state index contributed by atoms with van der Waals surface area (Å²) in [5, 5.41) is 0.468. The number of benzene rings is 2. The standard InChI is InChI=1S/C21H24N4O3.C2H6/c1-24-8-10-25(11-9-24)15-6-4-14(5-7-15)20-22-17-13-19(28-3)18(27-2)12-16(17)21(26)23-20;1-2/h4-7,12-13H,8-11H2,1-3H3,(H,22,23,26);1-2H3. The highest BCUT2D eigenvalue weighted by Gasteiger charge is 2.15.